The zero-order valence-corrected chi connectivity index (χ0v) is 18.7. The molecule has 1 fully saturated rings. The molecule has 1 aromatic carbocycles. The summed E-state index contributed by atoms with van der Waals surface area (Å²) in [6.45, 7) is 4.15. The van der Waals surface area contributed by atoms with Crippen molar-refractivity contribution in [2.45, 2.75) is 58.0 Å². The Morgan fingerprint density at radius 2 is 2.07 bits per heavy atom. The zero-order valence-electron chi connectivity index (χ0n) is 16.4. The molecule has 1 aliphatic carbocycles. The first kappa shape index (κ1) is 22.6. The molecule has 6 nitrogen and oxygen atoms in total. The lowest BCUT2D eigenvalue weighted by atomic mass is 10.1. The third-order valence-corrected chi connectivity index (χ3v) is 4.96. The lowest BCUT2D eigenvalue weighted by Crippen LogP contribution is -2.43. The fraction of sp³-hybridized carbons (Fsp3) is 0.550. The van der Waals surface area contributed by atoms with Gasteiger partial charge in [0.2, 0.25) is 0 Å². The smallest absolute Gasteiger partial charge is 0.191 e. The van der Waals surface area contributed by atoms with E-state index in [0.717, 1.165) is 31.3 Å². The molecule has 1 aliphatic rings. The summed E-state index contributed by atoms with van der Waals surface area (Å²) < 4.78 is 15.8. The van der Waals surface area contributed by atoms with Crippen molar-refractivity contribution in [1.82, 2.24) is 25.4 Å². The Bertz CT molecular complexity index is 742. The molecule has 0 bridgehead atoms. The van der Waals surface area contributed by atoms with Crippen LogP contribution in [0, 0.1) is 5.82 Å². The SMILES string of the molecule is CCc1nncn1CCNC(=NCCc1ccccc1F)NC1CCCC1.I. The van der Waals surface area contributed by atoms with Crippen LogP contribution in [0.15, 0.2) is 35.6 Å². The van der Waals surface area contributed by atoms with Crippen molar-refractivity contribution in [3.63, 3.8) is 0 Å². The maximum Gasteiger partial charge on any atom is 0.191 e. The van der Waals surface area contributed by atoms with Gasteiger partial charge in [0.1, 0.15) is 18.0 Å². The molecule has 1 saturated carbocycles. The third-order valence-electron chi connectivity index (χ3n) is 4.96. The van der Waals surface area contributed by atoms with Gasteiger partial charge in [-0.25, -0.2) is 4.39 Å². The molecule has 0 spiro atoms. The predicted molar refractivity (Wildman–Crippen MR) is 121 cm³/mol. The van der Waals surface area contributed by atoms with Crippen molar-refractivity contribution < 1.29 is 4.39 Å². The Morgan fingerprint density at radius 1 is 1.29 bits per heavy atom. The number of halogens is 2. The molecular formula is C20H30FIN6. The summed E-state index contributed by atoms with van der Waals surface area (Å²) in [4.78, 5) is 4.67. The number of aromatic nitrogens is 3. The molecule has 3 rings (SSSR count). The van der Waals surface area contributed by atoms with E-state index in [4.69, 9.17) is 0 Å². The van der Waals surface area contributed by atoms with Crippen LogP contribution < -0.4 is 10.6 Å². The highest BCUT2D eigenvalue weighted by atomic mass is 127. The number of guanidine groups is 1. The molecule has 0 aliphatic heterocycles. The van der Waals surface area contributed by atoms with E-state index >= 15 is 0 Å². The Labute approximate surface area is 183 Å². The summed E-state index contributed by atoms with van der Waals surface area (Å²) in [6.07, 6.45) is 8.11. The molecule has 1 aromatic heterocycles. The molecule has 0 radical (unpaired) electrons. The second-order valence-corrected chi connectivity index (χ2v) is 6.92. The van der Waals surface area contributed by atoms with E-state index in [-0.39, 0.29) is 29.8 Å². The number of aliphatic imine (C=N–C) groups is 1. The minimum Gasteiger partial charge on any atom is -0.355 e. The Morgan fingerprint density at radius 3 is 2.82 bits per heavy atom. The van der Waals surface area contributed by atoms with Gasteiger partial charge in [0, 0.05) is 32.1 Å². The fourth-order valence-corrected chi connectivity index (χ4v) is 3.44. The average molecular weight is 500 g/mol. The quantitative estimate of drug-likeness (QED) is 0.332. The first-order chi connectivity index (χ1) is 13.3. The highest BCUT2D eigenvalue weighted by molar-refractivity contribution is 14.0. The van der Waals surface area contributed by atoms with Crippen LogP contribution in [0.3, 0.4) is 0 Å². The van der Waals surface area contributed by atoms with Gasteiger partial charge in [-0.3, -0.25) is 4.99 Å². The molecule has 28 heavy (non-hydrogen) atoms. The van der Waals surface area contributed by atoms with Gasteiger partial charge in [-0.2, -0.15) is 0 Å². The third kappa shape index (κ3) is 6.72. The van der Waals surface area contributed by atoms with Crippen molar-refractivity contribution >= 4 is 29.9 Å². The van der Waals surface area contributed by atoms with Gasteiger partial charge in [0.15, 0.2) is 5.96 Å². The number of benzene rings is 1. The summed E-state index contributed by atoms with van der Waals surface area (Å²) in [7, 11) is 0. The monoisotopic (exact) mass is 500 g/mol. The van der Waals surface area contributed by atoms with Crippen LogP contribution in [0.1, 0.15) is 44.0 Å². The molecule has 0 amide bonds. The van der Waals surface area contributed by atoms with Crippen molar-refractivity contribution in [3.05, 3.63) is 47.8 Å². The van der Waals surface area contributed by atoms with Crippen LogP contribution in [0.5, 0.6) is 0 Å². The summed E-state index contributed by atoms with van der Waals surface area (Å²) in [6, 6.07) is 7.38. The van der Waals surface area contributed by atoms with E-state index in [1.165, 1.54) is 31.7 Å². The zero-order chi connectivity index (χ0) is 18.9. The van der Waals surface area contributed by atoms with Crippen molar-refractivity contribution in [2.24, 2.45) is 4.99 Å². The van der Waals surface area contributed by atoms with Crippen LogP contribution in [-0.4, -0.2) is 39.9 Å². The summed E-state index contributed by atoms with van der Waals surface area (Å²) in [5, 5.41) is 15.0. The minimum atomic E-state index is -0.161. The van der Waals surface area contributed by atoms with Crippen molar-refractivity contribution in [1.29, 1.82) is 0 Å². The van der Waals surface area contributed by atoms with Gasteiger partial charge >= 0.3 is 0 Å². The second-order valence-electron chi connectivity index (χ2n) is 6.92. The van der Waals surface area contributed by atoms with Crippen LogP contribution in [0.25, 0.3) is 0 Å². The number of hydrogen-bond donors (Lipinski definition) is 2. The van der Waals surface area contributed by atoms with Gasteiger partial charge < -0.3 is 15.2 Å². The van der Waals surface area contributed by atoms with Gasteiger partial charge in [-0.1, -0.05) is 38.0 Å². The Kier molecular flexibility index (Phi) is 9.66. The molecule has 0 unspecified atom stereocenters. The lowest BCUT2D eigenvalue weighted by molar-refractivity contribution is 0.591. The van der Waals surface area contributed by atoms with E-state index in [1.54, 1.807) is 12.4 Å². The van der Waals surface area contributed by atoms with Crippen LogP contribution in [-0.2, 0) is 19.4 Å². The Balaban J connectivity index is 0.00000280. The van der Waals surface area contributed by atoms with Crippen molar-refractivity contribution in [3.8, 4) is 0 Å². The van der Waals surface area contributed by atoms with E-state index in [0.29, 0.717) is 24.6 Å². The summed E-state index contributed by atoms with van der Waals surface area (Å²) in [5.74, 6) is 1.63. The second kappa shape index (κ2) is 12.0. The number of aryl methyl sites for hydroxylation is 1. The number of rotatable bonds is 8. The maximum absolute atomic E-state index is 13.8. The van der Waals surface area contributed by atoms with Crippen molar-refractivity contribution in [2.75, 3.05) is 13.1 Å². The van der Waals surface area contributed by atoms with Gasteiger partial charge in [0.25, 0.3) is 0 Å². The first-order valence-electron chi connectivity index (χ1n) is 9.91. The molecule has 2 aromatic rings. The summed E-state index contributed by atoms with van der Waals surface area (Å²) in [5.41, 5.74) is 0.707. The van der Waals surface area contributed by atoms with Crippen LogP contribution in [0.4, 0.5) is 4.39 Å². The van der Waals surface area contributed by atoms with Gasteiger partial charge in [-0.15, -0.1) is 34.2 Å². The highest BCUT2D eigenvalue weighted by Crippen LogP contribution is 2.17. The molecule has 2 N–H and O–H groups in total. The standard InChI is InChI=1S/C20H29FN6.HI/c1-2-19-26-24-15-27(19)14-13-23-20(25-17-8-4-5-9-17)22-12-11-16-7-3-6-10-18(16)21;/h3,6-7,10,15,17H,2,4-5,8-9,11-14H2,1H3,(H2,22,23,25);1H. The molecule has 8 heteroatoms. The largest absolute Gasteiger partial charge is 0.355 e. The average Bonchev–Trinajstić information content (AvgIpc) is 3.34. The molecular weight excluding hydrogens is 470 g/mol. The van der Waals surface area contributed by atoms with E-state index in [1.807, 2.05) is 12.1 Å². The van der Waals surface area contributed by atoms with E-state index < -0.39 is 0 Å². The molecule has 1 heterocycles. The van der Waals surface area contributed by atoms with E-state index in [9.17, 15) is 4.39 Å². The number of hydrogen-bond acceptors (Lipinski definition) is 3. The number of nitrogens with zero attached hydrogens (tertiary/aromatic N) is 4. The number of nitrogens with one attached hydrogen (secondary N) is 2. The van der Waals surface area contributed by atoms with Crippen LogP contribution in [0.2, 0.25) is 0 Å². The topological polar surface area (TPSA) is 67.1 Å². The molecule has 0 atom stereocenters. The normalized spacial score (nSPS) is 14.7. The fourth-order valence-electron chi connectivity index (χ4n) is 3.44. The lowest BCUT2D eigenvalue weighted by Gasteiger charge is -2.18. The maximum atomic E-state index is 13.8. The molecule has 154 valence electrons. The highest BCUT2D eigenvalue weighted by Gasteiger charge is 2.16. The summed E-state index contributed by atoms with van der Waals surface area (Å²) >= 11 is 0. The van der Waals surface area contributed by atoms with Gasteiger partial charge in [0.05, 0.1) is 0 Å². The predicted octanol–water partition coefficient (Wildman–Crippen LogP) is 3.32. The van der Waals surface area contributed by atoms with Gasteiger partial charge in [-0.05, 0) is 30.9 Å². The minimum absolute atomic E-state index is 0. The Hall–Kier alpha value is -1.71. The first-order valence-corrected chi connectivity index (χ1v) is 9.91. The van der Waals surface area contributed by atoms with Crippen LogP contribution >= 0.6 is 24.0 Å². The van der Waals surface area contributed by atoms with E-state index in [2.05, 4.69) is 37.3 Å². The molecule has 0 saturated heterocycles.